The number of nitrogens with zero attached hydrogens (tertiary/aromatic N) is 2. The topological polar surface area (TPSA) is 98.2 Å². The molecule has 0 unspecified atom stereocenters. The summed E-state index contributed by atoms with van der Waals surface area (Å²) in [6.45, 7) is 7.57. The number of carbonyl (C=O) groups excluding carboxylic acids is 1. The predicted molar refractivity (Wildman–Crippen MR) is 108 cm³/mol. The molecule has 1 amide bonds. The van der Waals surface area contributed by atoms with Crippen LogP contribution in [0.4, 0.5) is 5.13 Å². The molecule has 0 radical (unpaired) electrons. The number of nitrogens with one attached hydrogen (secondary N) is 1. The van der Waals surface area contributed by atoms with Gasteiger partial charge in [-0.1, -0.05) is 11.3 Å². The Hall–Kier alpha value is -3.00. The minimum Gasteiger partial charge on any atom is -0.464 e. The van der Waals surface area contributed by atoms with E-state index in [4.69, 9.17) is 8.83 Å². The lowest BCUT2D eigenvalue weighted by molar-refractivity contribution is -0.116. The van der Waals surface area contributed by atoms with Crippen LogP contribution in [0.3, 0.4) is 0 Å². The Kier molecular flexibility index (Phi) is 4.50. The summed E-state index contributed by atoms with van der Waals surface area (Å²) in [5.74, 6) is -0.215. The molecule has 0 aliphatic carbocycles. The van der Waals surface area contributed by atoms with Gasteiger partial charge in [-0.2, -0.15) is 0 Å². The van der Waals surface area contributed by atoms with Crippen LogP contribution >= 0.6 is 11.3 Å². The first-order valence-corrected chi connectivity index (χ1v) is 9.70. The summed E-state index contributed by atoms with van der Waals surface area (Å²) in [6, 6.07) is 1.99. The summed E-state index contributed by atoms with van der Waals surface area (Å²) >= 11 is 1.31. The van der Waals surface area contributed by atoms with E-state index in [1.807, 2.05) is 33.8 Å². The monoisotopic (exact) mass is 397 g/mol. The Morgan fingerprint density at radius 1 is 1.11 bits per heavy atom. The van der Waals surface area contributed by atoms with Gasteiger partial charge in [0.05, 0.1) is 6.26 Å². The van der Waals surface area contributed by atoms with Crippen molar-refractivity contribution in [1.29, 1.82) is 0 Å². The number of rotatable bonds is 4. The minimum atomic E-state index is -0.421. The Morgan fingerprint density at radius 3 is 2.61 bits per heavy atom. The van der Waals surface area contributed by atoms with E-state index in [0.717, 1.165) is 38.1 Å². The molecule has 144 valence electrons. The zero-order chi connectivity index (χ0) is 20.0. The van der Waals surface area contributed by atoms with E-state index in [2.05, 4.69) is 15.5 Å². The molecule has 7 nitrogen and oxygen atoms in total. The predicted octanol–water partition coefficient (Wildman–Crippen LogP) is 4.20. The van der Waals surface area contributed by atoms with Crippen LogP contribution in [0, 0.1) is 27.7 Å². The molecule has 0 fully saturated rings. The zero-order valence-corrected chi connectivity index (χ0v) is 16.8. The maximum atomic E-state index is 12.6. The fourth-order valence-electron chi connectivity index (χ4n) is 3.38. The molecule has 3 aromatic heterocycles. The largest absolute Gasteiger partial charge is 0.464 e. The molecule has 0 aliphatic rings. The van der Waals surface area contributed by atoms with Crippen LogP contribution in [0.2, 0.25) is 0 Å². The first-order chi connectivity index (χ1) is 13.3. The summed E-state index contributed by atoms with van der Waals surface area (Å²) < 4.78 is 11.2. The van der Waals surface area contributed by atoms with Gasteiger partial charge in [-0.3, -0.25) is 4.79 Å². The molecule has 28 heavy (non-hydrogen) atoms. The molecule has 0 saturated heterocycles. The summed E-state index contributed by atoms with van der Waals surface area (Å²) in [7, 11) is 0. The van der Waals surface area contributed by atoms with Crippen molar-refractivity contribution in [1.82, 2.24) is 10.2 Å². The average molecular weight is 397 g/mol. The number of amides is 1. The Labute approximate surface area is 164 Å². The molecule has 0 bridgehead atoms. The molecule has 3 heterocycles. The van der Waals surface area contributed by atoms with E-state index in [-0.39, 0.29) is 18.7 Å². The molecule has 0 atom stereocenters. The van der Waals surface area contributed by atoms with Crippen LogP contribution < -0.4 is 10.9 Å². The van der Waals surface area contributed by atoms with E-state index in [0.29, 0.717) is 16.3 Å². The maximum absolute atomic E-state index is 12.6. The first kappa shape index (κ1) is 18.4. The fraction of sp³-hybridized carbons (Fsp3) is 0.300. The second-order valence-electron chi connectivity index (χ2n) is 6.84. The number of aryl methyl sites for hydroxylation is 4. The number of furan rings is 1. The van der Waals surface area contributed by atoms with Crippen molar-refractivity contribution < 1.29 is 13.6 Å². The van der Waals surface area contributed by atoms with E-state index < -0.39 is 5.63 Å². The van der Waals surface area contributed by atoms with Crippen molar-refractivity contribution in [3.05, 3.63) is 50.0 Å². The lowest BCUT2D eigenvalue weighted by atomic mass is 9.98. The van der Waals surface area contributed by atoms with Crippen LogP contribution in [-0.2, 0) is 11.2 Å². The van der Waals surface area contributed by atoms with Gasteiger partial charge in [0.15, 0.2) is 0 Å². The van der Waals surface area contributed by atoms with Crippen LogP contribution in [0.15, 0.2) is 26.0 Å². The number of hydrogen-bond acceptors (Lipinski definition) is 7. The summed E-state index contributed by atoms with van der Waals surface area (Å²) in [6.07, 6.45) is 2.14. The van der Waals surface area contributed by atoms with Gasteiger partial charge in [0.1, 0.15) is 16.2 Å². The van der Waals surface area contributed by atoms with Gasteiger partial charge in [0, 0.05) is 28.3 Å². The van der Waals surface area contributed by atoms with Crippen molar-refractivity contribution in [2.24, 2.45) is 0 Å². The zero-order valence-electron chi connectivity index (χ0n) is 16.0. The highest BCUT2D eigenvalue weighted by Gasteiger charge is 2.18. The molecule has 0 aliphatic heterocycles. The molecule has 4 aromatic rings. The highest BCUT2D eigenvalue weighted by atomic mass is 32.1. The number of anilines is 1. The second kappa shape index (κ2) is 6.87. The van der Waals surface area contributed by atoms with Gasteiger partial charge in [-0.25, -0.2) is 4.79 Å². The van der Waals surface area contributed by atoms with Crippen molar-refractivity contribution >= 4 is 44.3 Å². The standard InChI is InChI=1S/C20H19N3O4S/c1-9-8-26-17-11(3)18-15(7-14(9)17)10(2)13(19(25)27-18)5-6-16(24)21-20-23-22-12(4)28-20/h7-8H,5-6H2,1-4H3,(H,21,23,24). The summed E-state index contributed by atoms with van der Waals surface area (Å²) in [4.78, 5) is 24.8. The van der Waals surface area contributed by atoms with E-state index in [9.17, 15) is 9.59 Å². The van der Waals surface area contributed by atoms with Gasteiger partial charge in [-0.15, -0.1) is 10.2 Å². The molecule has 8 heteroatoms. The van der Waals surface area contributed by atoms with Crippen molar-refractivity contribution in [2.75, 3.05) is 5.32 Å². The van der Waals surface area contributed by atoms with Gasteiger partial charge < -0.3 is 14.2 Å². The quantitative estimate of drug-likeness (QED) is 0.518. The van der Waals surface area contributed by atoms with Gasteiger partial charge >= 0.3 is 5.63 Å². The van der Waals surface area contributed by atoms with Crippen LogP contribution in [0.5, 0.6) is 0 Å². The molecular weight excluding hydrogens is 378 g/mol. The second-order valence-corrected chi connectivity index (χ2v) is 8.02. The fourth-order valence-corrected chi connectivity index (χ4v) is 3.98. The SMILES string of the molecule is Cc1nnc(NC(=O)CCc2c(C)c3cc4c(C)coc4c(C)c3oc2=O)s1. The third kappa shape index (κ3) is 3.09. The summed E-state index contributed by atoms with van der Waals surface area (Å²) in [5.41, 5.74) is 4.01. The Balaban J connectivity index is 1.67. The van der Waals surface area contributed by atoms with Gasteiger partial charge in [0.2, 0.25) is 11.0 Å². The minimum absolute atomic E-state index is 0.154. The van der Waals surface area contributed by atoms with Crippen LogP contribution in [0.1, 0.15) is 33.7 Å². The lowest BCUT2D eigenvalue weighted by Crippen LogP contribution is -2.16. The number of fused-ring (bicyclic) bond motifs is 2. The highest BCUT2D eigenvalue weighted by molar-refractivity contribution is 7.15. The molecule has 1 N–H and O–H groups in total. The van der Waals surface area contributed by atoms with Gasteiger partial charge in [0.25, 0.3) is 0 Å². The summed E-state index contributed by atoms with van der Waals surface area (Å²) in [5, 5.41) is 13.5. The molecule has 1 aromatic carbocycles. The van der Waals surface area contributed by atoms with E-state index >= 15 is 0 Å². The third-order valence-corrected chi connectivity index (χ3v) is 5.66. The van der Waals surface area contributed by atoms with Gasteiger partial charge in [-0.05, 0) is 51.3 Å². The Morgan fingerprint density at radius 2 is 1.89 bits per heavy atom. The smallest absolute Gasteiger partial charge is 0.339 e. The first-order valence-electron chi connectivity index (χ1n) is 8.88. The van der Waals surface area contributed by atoms with E-state index in [1.54, 1.807) is 6.26 Å². The number of hydrogen-bond donors (Lipinski definition) is 1. The Bertz CT molecular complexity index is 1280. The number of carbonyl (C=O) groups is 1. The van der Waals surface area contributed by atoms with Crippen LogP contribution in [0.25, 0.3) is 21.9 Å². The lowest BCUT2D eigenvalue weighted by Gasteiger charge is -2.10. The maximum Gasteiger partial charge on any atom is 0.339 e. The highest BCUT2D eigenvalue weighted by Crippen LogP contribution is 2.32. The third-order valence-electron chi connectivity index (χ3n) is 4.91. The molecular formula is C20H19N3O4S. The molecule has 4 rings (SSSR count). The van der Waals surface area contributed by atoms with Crippen molar-refractivity contribution in [2.45, 2.75) is 40.5 Å². The van der Waals surface area contributed by atoms with Crippen LogP contribution in [-0.4, -0.2) is 16.1 Å². The van der Waals surface area contributed by atoms with E-state index in [1.165, 1.54) is 11.3 Å². The van der Waals surface area contributed by atoms with Crippen molar-refractivity contribution in [3.63, 3.8) is 0 Å². The average Bonchev–Trinajstić information content (AvgIpc) is 3.22. The molecule has 0 saturated carbocycles. The normalized spacial score (nSPS) is 11.4. The molecule has 0 spiro atoms. The number of benzene rings is 1. The van der Waals surface area contributed by atoms with Crippen molar-refractivity contribution in [3.8, 4) is 0 Å². The number of aromatic nitrogens is 2.